The van der Waals surface area contributed by atoms with Crippen molar-refractivity contribution in [3.8, 4) is 33.8 Å². The molecule has 0 saturated heterocycles. The Morgan fingerprint density at radius 1 is 0.633 bits per heavy atom. The Morgan fingerprint density at radius 2 is 1.16 bits per heavy atom. The van der Waals surface area contributed by atoms with E-state index in [1.54, 1.807) is 7.11 Å². The Balaban J connectivity index is 1.59. The lowest BCUT2D eigenvalue weighted by Crippen LogP contribution is -2.31. The van der Waals surface area contributed by atoms with Crippen LogP contribution in [0.25, 0.3) is 44.4 Å². The van der Waals surface area contributed by atoms with Crippen LogP contribution in [0, 0.1) is 0 Å². The lowest BCUT2D eigenvalue weighted by molar-refractivity contribution is 0.415. The summed E-state index contributed by atoms with van der Waals surface area (Å²) in [5, 5.41) is 5.72. The number of hydrogen-bond acceptors (Lipinski definition) is 4. The summed E-state index contributed by atoms with van der Waals surface area (Å²) in [6.45, 7) is 1.57. The topological polar surface area (TPSA) is 42.8 Å². The minimum absolute atomic E-state index is 0.738. The van der Waals surface area contributed by atoms with Crippen molar-refractivity contribution in [3.05, 3.63) is 149 Å². The lowest BCUT2D eigenvalue weighted by Gasteiger charge is -2.31. The van der Waals surface area contributed by atoms with Gasteiger partial charge in [-0.25, -0.2) is 0 Å². The molecule has 0 aliphatic carbocycles. The first-order valence-corrected chi connectivity index (χ1v) is 19.0. The highest BCUT2D eigenvalue weighted by atomic mass is 79.9. The average molecular weight is 900 g/mol. The van der Waals surface area contributed by atoms with Gasteiger partial charge in [-0.3, -0.25) is 4.99 Å². The average Bonchev–Trinajstić information content (AvgIpc) is 3.13. The first kappa shape index (κ1) is 32.5. The number of methoxy groups -OCH3 is 1. The molecule has 0 radical (unpaired) electrons. The summed E-state index contributed by atoms with van der Waals surface area (Å²) in [4.78, 5) is 5.11. The number of halogens is 4. The summed E-state index contributed by atoms with van der Waals surface area (Å²) < 4.78 is 17.5. The van der Waals surface area contributed by atoms with Gasteiger partial charge < -0.3 is 14.8 Å². The van der Waals surface area contributed by atoms with Crippen molar-refractivity contribution in [3.63, 3.8) is 0 Å². The van der Waals surface area contributed by atoms with E-state index < -0.39 is 0 Å². The molecule has 6 aromatic carbocycles. The van der Waals surface area contributed by atoms with Gasteiger partial charge in [-0.05, 0) is 94.7 Å². The number of nitrogens with zero attached hydrogens (tertiary/aromatic N) is 1. The summed E-state index contributed by atoms with van der Waals surface area (Å²) in [6.07, 6.45) is 0.973. The zero-order valence-electron chi connectivity index (χ0n) is 26.3. The molecule has 2 heterocycles. The van der Waals surface area contributed by atoms with Gasteiger partial charge in [0.1, 0.15) is 23.1 Å². The predicted molar refractivity (Wildman–Crippen MR) is 216 cm³/mol. The zero-order chi connectivity index (χ0) is 33.6. The molecule has 0 amide bonds. The molecule has 0 unspecified atom stereocenters. The van der Waals surface area contributed by atoms with Crippen molar-refractivity contribution in [1.29, 1.82) is 0 Å². The molecule has 0 bridgehead atoms. The van der Waals surface area contributed by atoms with E-state index in [0.717, 1.165) is 121 Å². The molecule has 4 nitrogen and oxygen atoms in total. The third-order valence-corrected chi connectivity index (χ3v) is 11.0. The number of benzene rings is 6. The first-order valence-electron chi connectivity index (χ1n) is 15.9. The van der Waals surface area contributed by atoms with E-state index >= 15 is 0 Å². The third-order valence-electron chi connectivity index (χ3n) is 8.91. The van der Waals surface area contributed by atoms with Crippen LogP contribution in [-0.4, -0.2) is 26.0 Å². The van der Waals surface area contributed by atoms with E-state index in [-0.39, 0.29) is 0 Å². The molecule has 49 heavy (non-hydrogen) atoms. The molecule has 6 aromatic rings. The molecule has 0 spiro atoms. The summed E-state index contributed by atoms with van der Waals surface area (Å²) in [5.74, 6) is 3.15. The fourth-order valence-corrected chi connectivity index (χ4v) is 7.76. The predicted octanol–water partition coefficient (Wildman–Crippen LogP) is 12.3. The van der Waals surface area contributed by atoms with E-state index in [1.165, 1.54) is 0 Å². The smallest absolute Gasteiger partial charge is 0.147 e. The second-order valence-electron chi connectivity index (χ2n) is 11.9. The van der Waals surface area contributed by atoms with Crippen LogP contribution in [0.5, 0.6) is 11.5 Å². The van der Waals surface area contributed by atoms with Crippen molar-refractivity contribution in [2.75, 3.05) is 20.2 Å². The molecule has 8 rings (SSSR count). The van der Waals surface area contributed by atoms with Crippen molar-refractivity contribution in [2.24, 2.45) is 4.99 Å². The van der Waals surface area contributed by atoms with Crippen LogP contribution < -0.4 is 14.8 Å². The van der Waals surface area contributed by atoms with E-state index in [9.17, 15) is 0 Å². The van der Waals surface area contributed by atoms with Gasteiger partial charge in [0.2, 0.25) is 0 Å². The molecule has 0 fully saturated rings. The van der Waals surface area contributed by atoms with Crippen molar-refractivity contribution >= 4 is 91.7 Å². The fraction of sp³-hybridized carbons (Fsp3) is 0.0976. The van der Waals surface area contributed by atoms with Crippen molar-refractivity contribution in [2.45, 2.75) is 6.42 Å². The summed E-state index contributed by atoms with van der Waals surface area (Å²) in [7, 11) is 1.73. The van der Waals surface area contributed by atoms with Gasteiger partial charge in [0.05, 0.1) is 12.7 Å². The van der Waals surface area contributed by atoms with Crippen LogP contribution in [0.1, 0.15) is 28.7 Å². The molecule has 0 aromatic heterocycles. The van der Waals surface area contributed by atoms with Crippen molar-refractivity contribution in [1.82, 2.24) is 5.32 Å². The van der Waals surface area contributed by atoms with Gasteiger partial charge in [-0.1, -0.05) is 112 Å². The van der Waals surface area contributed by atoms with Crippen LogP contribution in [-0.2, 0) is 0 Å². The lowest BCUT2D eigenvalue weighted by atomic mass is 9.80. The number of hydrogen-bond donors (Lipinski definition) is 1. The monoisotopic (exact) mass is 896 g/mol. The largest absolute Gasteiger partial charge is 0.497 e. The second kappa shape index (κ2) is 13.6. The van der Waals surface area contributed by atoms with Crippen LogP contribution in [0.2, 0.25) is 0 Å². The second-order valence-corrected chi connectivity index (χ2v) is 15.6. The van der Waals surface area contributed by atoms with E-state index in [4.69, 9.17) is 14.5 Å². The Labute approximate surface area is 318 Å². The number of nitrogens with one attached hydrogen (secondary N) is 1. The first-order chi connectivity index (χ1) is 23.9. The highest BCUT2D eigenvalue weighted by molar-refractivity contribution is 9.11. The molecule has 2 aliphatic rings. The molecule has 242 valence electrons. The quantitative estimate of drug-likeness (QED) is 0.181. The summed E-state index contributed by atoms with van der Waals surface area (Å²) >= 11 is 14.6. The summed E-state index contributed by atoms with van der Waals surface area (Å²) in [5.41, 5.74) is 9.26. The van der Waals surface area contributed by atoms with Gasteiger partial charge in [0.25, 0.3) is 0 Å². The minimum atomic E-state index is 0.738. The van der Waals surface area contributed by atoms with Crippen LogP contribution in [0.3, 0.4) is 0 Å². The normalized spacial score (nSPS) is 13.9. The molecule has 0 atom stereocenters. The maximum atomic E-state index is 7.36. The van der Waals surface area contributed by atoms with Crippen LogP contribution in [0.15, 0.2) is 132 Å². The number of rotatable bonds is 6. The van der Waals surface area contributed by atoms with Gasteiger partial charge >= 0.3 is 0 Å². The highest BCUT2D eigenvalue weighted by Crippen LogP contribution is 2.54. The number of aliphatic imine (C=N–C) groups is 1. The molecular weight excluding hydrogens is 872 g/mol. The highest BCUT2D eigenvalue weighted by Gasteiger charge is 2.34. The maximum absolute atomic E-state index is 7.36. The Kier molecular flexibility index (Phi) is 8.99. The Morgan fingerprint density at radius 3 is 1.69 bits per heavy atom. The van der Waals surface area contributed by atoms with E-state index in [1.807, 2.05) is 0 Å². The molecule has 8 heteroatoms. The maximum Gasteiger partial charge on any atom is 0.147 e. The third kappa shape index (κ3) is 6.07. The summed E-state index contributed by atoms with van der Waals surface area (Å²) in [6, 6.07) is 38.1. The van der Waals surface area contributed by atoms with Gasteiger partial charge in [-0.2, -0.15) is 0 Å². The minimum Gasteiger partial charge on any atom is -0.497 e. The number of ether oxygens (including phenoxy) is 2. The SMILES string of the molecule is COc1cc2c3c(c(C4=NCCCN4)c(-c4ccc(Br)cc4)c(-c4ccc(Br)cc4)c3c1)OC(c1ccc(Br)cc1)=C2c1ccc(Br)cc1. The van der Waals surface area contributed by atoms with Crippen LogP contribution >= 0.6 is 63.7 Å². The molecule has 1 N–H and O–H groups in total. The van der Waals surface area contributed by atoms with Gasteiger partial charge in [0.15, 0.2) is 0 Å². The van der Waals surface area contributed by atoms with Gasteiger partial charge in [0, 0.05) is 58.6 Å². The van der Waals surface area contributed by atoms with Gasteiger partial charge in [-0.15, -0.1) is 0 Å². The number of amidine groups is 1. The molecular formula is C41H28Br4N2O2. The Hall–Kier alpha value is -3.69. The van der Waals surface area contributed by atoms with Crippen LogP contribution in [0.4, 0.5) is 0 Å². The standard InChI is InChI=1S/C41H28Br4N2O2/c1-48-31-21-32-34(23-3-11-27(42)12-4-23)36(25-7-15-29(44)16-8-25)38(41-46-19-2-20-47-41)40-37(32)33(22-31)35(24-5-13-28(43)14-6-24)39(49-40)26-9-17-30(45)18-10-26/h3-18,21-22H,2,19-20H2,1H3,(H,46,47). The van der Waals surface area contributed by atoms with E-state index in [2.05, 4.69) is 178 Å². The molecule has 2 aliphatic heterocycles. The fourth-order valence-electron chi connectivity index (χ4n) is 6.70. The zero-order valence-corrected chi connectivity index (χ0v) is 32.6. The van der Waals surface area contributed by atoms with E-state index in [0.29, 0.717) is 0 Å². The van der Waals surface area contributed by atoms with Crippen molar-refractivity contribution < 1.29 is 9.47 Å². The molecule has 0 saturated carbocycles. The Bertz CT molecular complexity index is 2300.